The van der Waals surface area contributed by atoms with Gasteiger partial charge >= 0.3 is 5.97 Å². The second-order valence-corrected chi connectivity index (χ2v) is 8.49. The van der Waals surface area contributed by atoms with Gasteiger partial charge in [-0.15, -0.1) is 0 Å². The highest BCUT2D eigenvalue weighted by molar-refractivity contribution is 5.94. The van der Waals surface area contributed by atoms with Gasteiger partial charge in [-0.1, -0.05) is 18.2 Å². The maximum Gasteiger partial charge on any atom is 0.325 e. The van der Waals surface area contributed by atoms with Gasteiger partial charge < -0.3 is 48.3 Å². The number of hydrogen-bond acceptors (Lipinski definition) is 7. The Hall–Kier alpha value is -4.17. The van der Waals surface area contributed by atoms with Crippen LogP contribution in [-0.4, -0.2) is 82.2 Å². The van der Waals surface area contributed by atoms with Gasteiger partial charge in [0.1, 0.15) is 24.2 Å². The standard InChI is InChI=1S/C23H34N8O6/c1-12(22(36)37)29-21(35)18(9-13-10-28-16-6-3-2-5-14(13)16)31-20(34)17(7-4-8-27-23(25)26)30-19(33)15(24)11-32/h2-3,5-6,10,12,15,17-18,28,32H,4,7-9,11,24H2,1H3,(H,29,35)(H,30,33)(H,31,34)(H,36,37)(H4,25,26,27). The van der Waals surface area contributed by atoms with Crippen LogP contribution in [0.5, 0.6) is 0 Å². The van der Waals surface area contributed by atoms with Crippen molar-refractivity contribution in [2.45, 2.75) is 50.4 Å². The largest absolute Gasteiger partial charge is 0.480 e. The fourth-order valence-electron chi connectivity index (χ4n) is 3.51. The van der Waals surface area contributed by atoms with Gasteiger partial charge in [0.25, 0.3) is 0 Å². The van der Waals surface area contributed by atoms with Gasteiger partial charge in [-0.05, 0) is 31.4 Å². The number of aromatic amines is 1. The molecule has 4 unspecified atom stereocenters. The summed E-state index contributed by atoms with van der Waals surface area (Å²) in [5.74, 6) is -3.55. The molecule has 1 aromatic carbocycles. The highest BCUT2D eigenvalue weighted by atomic mass is 16.4. The highest BCUT2D eigenvalue weighted by Gasteiger charge is 2.30. The van der Waals surface area contributed by atoms with Crippen LogP contribution < -0.4 is 33.2 Å². The van der Waals surface area contributed by atoms with Crippen molar-refractivity contribution in [1.29, 1.82) is 0 Å². The number of aliphatic hydroxyl groups excluding tert-OH is 1. The molecule has 2 rings (SSSR count). The maximum absolute atomic E-state index is 13.2. The van der Waals surface area contributed by atoms with E-state index in [0.717, 1.165) is 16.5 Å². The number of carbonyl (C=O) groups excluding carboxylic acids is 3. The molecule has 14 heteroatoms. The van der Waals surface area contributed by atoms with Gasteiger partial charge in [0.15, 0.2) is 5.96 Å². The quantitative estimate of drug-likeness (QED) is 0.0735. The molecule has 4 atom stereocenters. The van der Waals surface area contributed by atoms with Gasteiger partial charge in [0.2, 0.25) is 17.7 Å². The molecule has 1 heterocycles. The lowest BCUT2D eigenvalue weighted by molar-refractivity contribution is -0.141. The van der Waals surface area contributed by atoms with E-state index in [4.69, 9.17) is 17.2 Å². The number of carboxylic acid groups (broad SMARTS) is 1. The molecule has 2 aromatic rings. The Labute approximate surface area is 213 Å². The van der Waals surface area contributed by atoms with Crippen LogP contribution in [0.3, 0.4) is 0 Å². The lowest BCUT2D eigenvalue weighted by Crippen LogP contribution is -2.57. The van der Waals surface area contributed by atoms with E-state index in [-0.39, 0.29) is 25.3 Å². The number of nitrogens with zero attached hydrogens (tertiary/aromatic N) is 1. The number of aromatic nitrogens is 1. The fourth-order valence-corrected chi connectivity index (χ4v) is 3.51. The number of benzene rings is 1. The van der Waals surface area contributed by atoms with Crippen molar-refractivity contribution in [2.75, 3.05) is 13.2 Å². The van der Waals surface area contributed by atoms with Gasteiger partial charge in [0.05, 0.1) is 6.61 Å². The van der Waals surface area contributed by atoms with E-state index in [1.807, 2.05) is 24.3 Å². The Bertz CT molecular complexity index is 1130. The first kappa shape index (κ1) is 29.1. The Morgan fingerprint density at radius 1 is 1.03 bits per heavy atom. The van der Waals surface area contributed by atoms with Crippen molar-refractivity contribution < 1.29 is 29.4 Å². The molecule has 0 aliphatic heterocycles. The van der Waals surface area contributed by atoms with Crippen LogP contribution >= 0.6 is 0 Å². The van der Waals surface area contributed by atoms with Gasteiger partial charge in [0, 0.05) is 30.1 Å². The van der Waals surface area contributed by atoms with Gasteiger partial charge in [-0.25, -0.2) is 0 Å². The minimum absolute atomic E-state index is 0.0404. The molecular formula is C23H34N8O6. The number of fused-ring (bicyclic) bond motifs is 1. The van der Waals surface area contributed by atoms with Gasteiger partial charge in [-0.3, -0.25) is 24.2 Å². The normalized spacial score (nSPS) is 14.1. The smallest absolute Gasteiger partial charge is 0.325 e. The number of para-hydroxylation sites is 1. The van der Waals surface area contributed by atoms with Crippen molar-refractivity contribution in [3.8, 4) is 0 Å². The summed E-state index contributed by atoms with van der Waals surface area (Å²) in [5, 5.41) is 26.7. The van der Waals surface area contributed by atoms with E-state index in [0.29, 0.717) is 6.42 Å². The molecule has 12 N–H and O–H groups in total. The van der Waals surface area contributed by atoms with Crippen LogP contribution in [-0.2, 0) is 25.6 Å². The Morgan fingerprint density at radius 2 is 1.68 bits per heavy atom. The van der Waals surface area contributed by atoms with Crippen molar-refractivity contribution in [3.05, 3.63) is 36.0 Å². The lowest BCUT2D eigenvalue weighted by atomic mass is 10.0. The summed E-state index contributed by atoms with van der Waals surface area (Å²) in [6, 6.07) is 2.61. The van der Waals surface area contributed by atoms with Crippen molar-refractivity contribution in [2.24, 2.45) is 22.2 Å². The fraction of sp³-hybridized carbons (Fsp3) is 0.435. The second kappa shape index (κ2) is 13.8. The minimum Gasteiger partial charge on any atom is -0.480 e. The Balaban J connectivity index is 2.27. The van der Waals surface area contributed by atoms with Crippen molar-refractivity contribution >= 4 is 40.6 Å². The number of H-pyrrole nitrogens is 1. The molecule has 1 aromatic heterocycles. The number of aliphatic imine (C=N–C) groups is 1. The summed E-state index contributed by atoms with van der Waals surface area (Å²) in [6.45, 7) is 0.851. The summed E-state index contributed by atoms with van der Waals surface area (Å²) in [5.41, 5.74) is 17.7. The first-order valence-electron chi connectivity index (χ1n) is 11.6. The van der Waals surface area contributed by atoms with E-state index in [1.165, 1.54) is 6.92 Å². The van der Waals surface area contributed by atoms with Crippen LogP contribution in [0.25, 0.3) is 10.9 Å². The number of rotatable bonds is 14. The number of nitrogens with one attached hydrogen (secondary N) is 4. The Morgan fingerprint density at radius 3 is 2.32 bits per heavy atom. The monoisotopic (exact) mass is 518 g/mol. The number of carboxylic acids is 1. The third-order valence-corrected chi connectivity index (χ3v) is 5.57. The van der Waals surface area contributed by atoms with Crippen molar-refractivity contribution in [3.63, 3.8) is 0 Å². The zero-order chi connectivity index (χ0) is 27.5. The lowest BCUT2D eigenvalue weighted by Gasteiger charge is -2.24. The van der Waals surface area contributed by atoms with Crippen LogP contribution in [0.15, 0.2) is 35.5 Å². The molecule has 0 aliphatic carbocycles. The third-order valence-electron chi connectivity index (χ3n) is 5.57. The van der Waals surface area contributed by atoms with Gasteiger partial charge in [-0.2, -0.15) is 0 Å². The predicted molar refractivity (Wildman–Crippen MR) is 136 cm³/mol. The van der Waals surface area contributed by atoms with E-state index in [9.17, 15) is 29.4 Å². The summed E-state index contributed by atoms with van der Waals surface area (Å²) in [6.07, 6.45) is 2.14. The molecule has 0 saturated carbocycles. The average Bonchev–Trinajstić information content (AvgIpc) is 3.27. The maximum atomic E-state index is 13.2. The minimum atomic E-state index is -1.25. The molecular weight excluding hydrogens is 484 g/mol. The van der Waals surface area contributed by atoms with E-state index >= 15 is 0 Å². The topological polar surface area (TPSA) is 251 Å². The van der Waals surface area contributed by atoms with Crippen LogP contribution in [0, 0.1) is 0 Å². The molecule has 0 aliphatic rings. The number of carbonyl (C=O) groups is 4. The molecule has 0 spiro atoms. The summed E-state index contributed by atoms with van der Waals surface area (Å²) >= 11 is 0. The Kier molecular flexibility index (Phi) is 10.8. The summed E-state index contributed by atoms with van der Waals surface area (Å²) in [7, 11) is 0. The molecule has 0 saturated heterocycles. The molecule has 0 radical (unpaired) electrons. The molecule has 202 valence electrons. The first-order valence-corrected chi connectivity index (χ1v) is 11.6. The summed E-state index contributed by atoms with van der Waals surface area (Å²) in [4.78, 5) is 56.7. The summed E-state index contributed by atoms with van der Waals surface area (Å²) < 4.78 is 0. The number of guanidine groups is 1. The molecule has 0 bridgehead atoms. The van der Waals surface area contributed by atoms with Crippen LogP contribution in [0.1, 0.15) is 25.3 Å². The SMILES string of the molecule is CC(NC(=O)C(Cc1c[nH]c2ccccc12)NC(=O)C(CCCN=C(N)N)NC(=O)C(N)CO)C(=O)O. The first-order chi connectivity index (χ1) is 17.5. The zero-order valence-corrected chi connectivity index (χ0v) is 20.4. The molecule has 0 fully saturated rings. The predicted octanol–water partition coefficient (Wildman–Crippen LogP) is -2.36. The zero-order valence-electron chi connectivity index (χ0n) is 20.4. The van der Waals surface area contributed by atoms with E-state index in [1.54, 1.807) is 6.20 Å². The highest BCUT2D eigenvalue weighted by Crippen LogP contribution is 2.19. The average molecular weight is 519 g/mol. The number of hydrogen-bond donors (Lipinski definition) is 9. The number of nitrogens with two attached hydrogens (primary N) is 3. The van der Waals surface area contributed by atoms with E-state index in [2.05, 4.69) is 25.9 Å². The van der Waals surface area contributed by atoms with Crippen LogP contribution in [0.4, 0.5) is 0 Å². The molecule has 3 amide bonds. The van der Waals surface area contributed by atoms with Crippen molar-refractivity contribution in [1.82, 2.24) is 20.9 Å². The third kappa shape index (κ3) is 8.77. The number of aliphatic hydroxyl groups is 1. The molecule has 37 heavy (non-hydrogen) atoms. The van der Waals surface area contributed by atoms with E-state index < -0.39 is 54.5 Å². The second-order valence-electron chi connectivity index (χ2n) is 8.49. The number of aliphatic carboxylic acids is 1. The molecule has 14 nitrogen and oxygen atoms in total. The number of amides is 3. The van der Waals surface area contributed by atoms with Crippen LogP contribution in [0.2, 0.25) is 0 Å².